The van der Waals surface area contributed by atoms with Crippen LogP contribution in [0.2, 0.25) is 0 Å². The van der Waals surface area contributed by atoms with Crippen molar-refractivity contribution in [3.8, 4) is 0 Å². The SMILES string of the molecule is CC(OC1(CN)CCCCC1)C(=O)NC1CC1. The molecule has 0 spiro atoms. The Bertz CT molecular complexity index is 271. The first kappa shape index (κ1) is 12.8. The first-order valence-electron chi connectivity index (χ1n) is 6.83. The van der Waals surface area contributed by atoms with Crippen LogP contribution in [0, 0.1) is 0 Å². The molecule has 1 unspecified atom stereocenters. The van der Waals surface area contributed by atoms with Crippen molar-refractivity contribution in [1.29, 1.82) is 0 Å². The van der Waals surface area contributed by atoms with E-state index in [0.29, 0.717) is 12.6 Å². The lowest BCUT2D eigenvalue weighted by atomic mass is 9.84. The molecule has 2 saturated carbocycles. The maximum atomic E-state index is 11.8. The standard InChI is InChI=1S/C13H24N2O2/c1-10(12(16)15-11-5-6-11)17-13(9-14)7-3-2-4-8-13/h10-11H,2-9,14H2,1H3,(H,15,16). The summed E-state index contributed by atoms with van der Waals surface area (Å²) in [6, 6.07) is 0.397. The summed E-state index contributed by atoms with van der Waals surface area (Å²) in [6.07, 6.45) is 7.41. The van der Waals surface area contributed by atoms with Gasteiger partial charge in [0.05, 0.1) is 5.60 Å². The monoisotopic (exact) mass is 240 g/mol. The Morgan fingerprint density at radius 3 is 2.59 bits per heavy atom. The first-order valence-corrected chi connectivity index (χ1v) is 6.83. The Hall–Kier alpha value is -0.610. The summed E-state index contributed by atoms with van der Waals surface area (Å²) in [7, 11) is 0. The van der Waals surface area contributed by atoms with Gasteiger partial charge in [0.2, 0.25) is 5.91 Å². The molecule has 0 aromatic heterocycles. The molecule has 2 aliphatic carbocycles. The molecule has 0 radical (unpaired) electrons. The average Bonchev–Trinajstić information content (AvgIpc) is 3.14. The van der Waals surface area contributed by atoms with E-state index in [1.807, 2.05) is 6.92 Å². The van der Waals surface area contributed by atoms with E-state index in [0.717, 1.165) is 38.5 Å². The van der Waals surface area contributed by atoms with Crippen LogP contribution in [0.1, 0.15) is 51.9 Å². The summed E-state index contributed by atoms with van der Waals surface area (Å²) >= 11 is 0. The molecule has 0 aliphatic heterocycles. The highest BCUT2D eigenvalue weighted by Gasteiger charge is 2.35. The number of carbonyl (C=O) groups excluding carboxylic acids is 1. The maximum Gasteiger partial charge on any atom is 0.249 e. The van der Waals surface area contributed by atoms with Crippen LogP contribution in [0.4, 0.5) is 0 Å². The van der Waals surface area contributed by atoms with Gasteiger partial charge in [-0.05, 0) is 32.6 Å². The predicted octanol–water partition coefficient (Wildman–Crippen LogP) is 1.33. The number of hydrogen-bond acceptors (Lipinski definition) is 3. The fraction of sp³-hybridized carbons (Fsp3) is 0.923. The third-order valence-corrected chi connectivity index (χ3v) is 3.86. The van der Waals surface area contributed by atoms with Crippen molar-refractivity contribution in [3.63, 3.8) is 0 Å². The lowest BCUT2D eigenvalue weighted by Gasteiger charge is -2.38. The van der Waals surface area contributed by atoms with E-state index < -0.39 is 0 Å². The fourth-order valence-electron chi connectivity index (χ4n) is 2.54. The average molecular weight is 240 g/mol. The summed E-state index contributed by atoms with van der Waals surface area (Å²) < 4.78 is 5.98. The fourth-order valence-corrected chi connectivity index (χ4v) is 2.54. The highest BCUT2D eigenvalue weighted by molar-refractivity contribution is 5.80. The third kappa shape index (κ3) is 3.42. The summed E-state index contributed by atoms with van der Waals surface area (Å²) in [5.41, 5.74) is 5.59. The van der Waals surface area contributed by atoms with Crippen molar-refractivity contribution in [1.82, 2.24) is 5.32 Å². The molecule has 0 saturated heterocycles. The molecule has 0 aromatic rings. The second kappa shape index (κ2) is 5.36. The van der Waals surface area contributed by atoms with E-state index in [2.05, 4.69) is 5.32 Å². The number of nitrogens with two attached hydrogens (primary N) is 1. The van der Waals surface area contributed by atoms with E-state index in [1.54, 1.807) is 0 Å². The van der Waals surface area contributed by atoms with Crippen LogP contribution in [-0.4, -0.2) is 30.2 Å². The first-order chi connectivity index (χ1) is 8.15. The molecule has 4 nitrogen and oxygen atoms in total. The van der Waals surface area contributed by atoms with E-state index in [4.69, 9.17) is 10.5 Å². The summed E-state index contributed by atoms with van der Waals surface area (Å²) in [5.74, 6) is 0.0194. The quantitative estimate of drug-likeness (QED) is 0.762. The van der Waals surface area contributed by atoms with Gasteiger partial charge in [0, 0.05) is 12.6 Å². The molecule has 4 heteroatoms. The summed E-state index contributed by atoms with van der Waals surface area (Å²) in [6.45, 7) is 2.36. The Kier molecular flexibility index (Phi) is 4.05. The molecule has 17 heavy (non-hydrogen) atoms. The van der Waals surface area contributed by atoms with Crippen molar-refractivity contribution in [2.75, 3.05) is 6.54 Å². The van der Waals surface area contributed by atoms with Crippen molar-refractivity contribution < 1.29 is 9.53 Å². The lowest BCUT2D eigenvalue weighted by molar-refractivity contribution is -0.149. The molecule has 0 aromatic carbocycles. The molecule has 0 heterocycles. The minimum Gasteiger partial charge on any atom is -0.361 e. The van der Waals surface area contributed by atoms with Crippen molar-refractivity contribution in [3.05, 3.63) is 0 Å². The molecular weight excluding hydrogens is 216 g/mol. The van der Waals surface area contributed by atoms with Gasteiger partial charge in [-0.25, -0.2) is 0 Å². The van der Waals surface area contributed by atoms with Crippen LogP contribution in [0.15, 0.2) is 0 Å². The van der Waals surface area contributed by atoms with Crippen molar-refractivity contribution >= 4 is 5.91 Å². The number of carbonyl (C=O) groups is 1. The molecule has 3 N–H and O–H groups in total. The van der Waals surface area contributed by atoms with Gasteiger partial charge >= 0.3 is 0 Å². The van der Waals surface area contributed by atoms with Crippen LogP contribution >= 0.6 is 0 Å². The largest absolute Gasteiger partial charge is 0.361 e. The third-order valence-electron chi connectivity index (χ3n) is 3.86. The highest BCUT2D eigenvalue weighted by Crippen LogP contribution is 2.32. The zero-order valence-corrected chi connectivity index (χ0v) is 10.7. The topological polar surface area (TPSA) is 64.3 Å². The molecule has 2 rings (SSSR count). The van der Waals surface area contributed by atoms with Crippen LogP contribution in [0.3, 0.4) is 0 Å². The van der Waals surface area contributed by atoms with Gasteiger partial charge in [0.25, 0.3) is 0 Å². The lowest BCUT2D eigenvalue weighted by Crippen LogP contribution is -2.48. The van der Waals surface area contributed by atoms with Crippen LogP contribution in [0.25, 0.3) is 0 Å². The molecule has 1 atom stereocenters. The van der Waals surface area contributed by atoms with Crippen molar-refractivity contribution in [2.45, 2.75) is 69.6 Å². The zero-order valence-electron chi connectivity index (χ0n) is 10.7. The number of amides is 1. The second-order valence-electron chi connectivity index (χ2n) is 5.49. The molecule has 0 bridgehead atoms. The Labute approximate surface area is 103 Å². The molecule has 2 aliphatic rings. The van der Waals surface area contributed by atoms with Gasteiger partial charge < -0.3 is 15.8 Å². The van der Waals surface area contributed by atoms with E-state index in [-0.39, 0.29) is 17.6 Å². The number of hydrogen-bond donors (Lipinski definition) is 2. The van der Waals surface area contributed by atoms with E-state index in [1.165, 1.54) is 6.42 Å². The Balaban J connectivity index is 1.85. The predicted molar refractivity (Wildman–Crippen MR) is 66.6 cm³/mol. The van der Waals surface area contributed by atoms with E-state index >= 15 is 0 Å². The number of nitrogens with one attached hydrogen (secondary N) is 1. The second-order valence-corrected chi connectivity index (χ2v) is 5.49. The molecule has 2 fully saturated rings. The molecular formula is C13H24N2O2. The number of ether oxygens (including phenoxy) is 1. The summed E-state index contributed by atoms with van der Waals surface area (Å²) in [4.78, 5) is 11.8. The van der Waals surface area contributed by atoms with Crippen LogP contribution in [0.5, 0.6) is 0 Å². The van der Waals surface area contributed by atoms with Gasteiger partial charge in [-0.3, -0.25) is 4.79 Å². The zero-order chi connectivity index (χ0) is 12.3. The van der Waals surface area contributed by atoms with Gasteiger partial charge in [-0.1, -0.05) is 19.3 Å². The molecule has 98 valence electrons. The minimum atomic E-state index is -0.378. The van der Waals surface area contributed by atoms with Gasteiger partial charge in [0.15, 0.2) is 0 Å². The van der Waals surface area contributed by atoms with Gasteiger partial charge in [0.1, 0.15) is 6.10 Å². The van der Waals surface area contributed by atoms with Gasteiger partial charge in [-0.2, -0.15) is 0 Å². The van der Waals surface area contributed by atoms with E-state index in [9.17, 15) is 4.79 Å². The van der Waals surface area contributed by atoms with Gasteiger partial charge in [-0.15, -0.1) is 0 Å². The minimum absolute atomic E-state index is 0.0194. The Morgan fingerprint density at radius 1 is 1.41 bits per heavy atom. The van der Waals surface area contributed by atoms with Crippen LogP contribution < -0.4 is 11.1 Å². The Morgan fingerprint density at radius 2 is 2.06 bits per heavy atom. The summed E-state index contributed by atoms with van der Waals surface area (Å²) in [5, 5.41) is 2.98. The smallest absolute Gasteiger partial charge is 0.249 e. The van der Waals surface area contributed by atoms with Crippen LogP contribution in [-0.2, 0) is 9.53 Å². The number of rotatable bonds is 5. The van der Waals surface area contributed by atoms with Crippen molar-refractivity contribution in [2.24, 2.45) is 5.73 Å². The molecule has 1 amide bonds. The normalized spacial score (nSPS) is 25.3. The highest BCUT2D eigenvalue weighted by atomic mass is 16.5. The maximum absolute atomic E-state index is 11.8.